The zero-order valence-electron chi connectivity index (χ0n) is 15.5. The number of rotatable bonds is 17. The van der Waals surface area contributed by atoms with Crippen LogP contribution in [0.3, 0.4) is 0 Å². The van der Waals surface area contributed by atoms with Crippen LogP contribution in [0, 0.1) is 5.92 Å². The lowest BCUT2D eigenvalue weighted by Gasteiger charge is -2.04. The van der Waals surface area contributed by atoms with Gasteiger partial charge in [-0.05, 0) is 31.6 Å². The fourth-order valence-electron chi connectivity index (χ4n) is 3.42. The van der Waals surface area contributed by atoms with Crippen LogP contribution >= 0.6 is 0 Å². The Morgan fingerprint density at radius 1 is 0.636 bits per heavy atom. The Balaban J connectivity index is 1.65. The van der Waals surface area contributed by atoms with E-state index < -0.39 is 0 Å². The summed E-state index contributed by atoms with van der Waals surface area (Å²) in [7, 11) is 0. The monoisotopic (exact) mass is 306 g/mol. The molecule has 0 unspecified atom stereocenters. The molecule has 22 heavy (non-hydrogen) atoms. The smallest absolute Gasteiger partial charge is 0.0205 e. The Bertz CT molecular complexity index is 249. The van der Waals surface area contributed by atoms with Crippen molar-refractivity contribution in [2.24, 2.45) is 5.92 Å². The molecule has 0 N–H and O–H groups in total. The molecule has 1 saturated carbocycles. The van der Waals surface area contributed by atoms with E-state index in [0.717, 1.165) is 5.92 Å². The molecule has 0 heterocycles. The van der Waals surface area contributed by atoms with Gasteiger partial charge in [0, 0.05) is 0 Å². The van der Waals surface area contributed by atoms with E-state index >= 15 is 0 Å². The summed E-state index contributed by atoms with van der Waals surface area (Å²) in [5, 5.41) is 0. The molecule has 0 nitrogen and oxygen atoms in total. The van der Waals surface area contributed by atoms with Crippen LogP contribution in [0.15, 0.2) is 12.2 Å². The van der Waals surface area contributed by atoms with Gasteiger partial charge in [0.1, 0.15) is 0 Å². The third-order valence-corrected chi connectivity index (χ3v) is 5.26. The van der Waals surface area contributed by atoms with Crippen LogP contribution in [0.2, 0.25) is 0 Å². The molecule has 1 fully saturated rings. The van der Waals surface area contributed by atoms with Crippen LogP contribution in [0.25, 0.3) is 0 Å². The van der Waals surface area contributed by atoms with Crippen molar-refractivity contribution in [1.29, 1.82) is 0 Å². The average Bonchev–Trinajstić information content (AvgIpc) is 3.36. The van der Waals surface area contributed by atoms with Crippen molar-refractivity contribution in [1.82, 2.24) is 0 Å². The van der Waals surface area contributed by atoms with E-state index in [1.165, 1.54) is 116 Å². The molecule has 0 heteroatoms. The summed E-state index contributed by atoms with van der Waals surface area (Å²) in [6.45, 7) is 6.52. The average molecular weight is 307 g/mol. The highest BCUT2D eigenvalue weighted by Crippen LogP contribution is 2.37. The third-order valence-electron chi connectivity index (χ3n) is 5.26. The lowest BCUT2D eigenvalue weighted by Crippen LogP contribution is -1.86. The predicted octanol–water partition coefficient (Wildman–Crippen LogP) is 8.21. The van der Waals surface area contributed by atoms with Crippen molar-refractivity contribution in [3.63, 3.8) is 0 Å². The first-order valence-corrected chi connectivity index (χ1v) is 10.5. The molecule has 1 rings (SSSR count). The number of unbranched alkanes of at least 4 members (excludes halogenated alkanes) is 14. The highest BCUT2D eigenvalue weighted by Gasteiger charge is 2.23. The van der Waals surface area contributed by atoms with Crippen molar-refractivity contribution < 1.29 is 0 Å². The largest absolute Gasteiger partial charge is 0.0996 e. The summed E-state index contributed by atoms with van der Waals surface area (Å²) >= 11 is 0. The SMILES string of the molecule is C=C(CCCCCCCCCCCCCCCCC)C1CC1. The lowest BCUT2D eigenvalue weighted by molar-refractivity contribution is 0.531. The van der Waals surface area contributed by atoms with E-state index in [1.807, 2.05) is 0 Å². The van der Waals surface area contributed by atoms with Crippen LogP contribution in [-0.4, -0.2) is 0 Å². The molecule has 1 aliphatic carbocycles. The minimum Gasteiger partial charge on any atom is -0.0996 e. The van der Waals surface area contributed by atoms with Gasteiger partial charge >= 0.3 is 0 Å². The summed E-state index contributed by atoms with van der Waals surface area (Å²) < 4.78 is 0. The predicted molar refractivity (Wildman–Crippen MR) is 101 cm³/mol. The van der Waals surface area contributed by atoms with Gasteiger partial charge in [-0.1, -0.05) is 109 Å². The highest BCUT2D eigenvalue weighted by atomic mass is 14.3. The van der Waals surface area contributed by atoms with Crippen molar-refractivity contribution in [3.05, 3.63) is 12.2 Å². The van der Waals surface area contributed by atoms with Gasteiger partial charge in [0.25, 0.3) is 0 Å². The van der Waals surface area contributed by atoms with Gasteiger partial charge in [-0.3, -0.25) is 0 Å². The van der Waals surface area contributed by atoms with Crippen LogP contribution in [0.5, 0.6) is 0 Å². The van der Waals surface area contributed by atoms with E-state index in [2.05, 4.69) is 13.5 Å². The molecule has 0 bridgehead atoms. The van der Waals surface area contributed by atoms with E-state index in [4.69, 9.17) is 0 Å². The Labute approximate surface area is 141 Å². The van der Waals surface area contributed by atoms with Gasteiger partial charge in [0.15, 0.2) is 0 Å². The van der Waals surface area contributed by atoms with Crippen molar-refractivity contribution in [3.8, 4) is 0 Å². The first-order valence-electron chi connectivity index (χ1n) is 10.5. The van der Waals surface area contributed by atoms with Gasteiger partial charge < -0.3 is 0 Å². The topological polar surface area (TPSA) is 0 Å². The molecule has 0 spiro atoms. The molecule has 0 atom stereocenters. The Hall–Kier alpha value is -0.260. The lowest BCUT2D eigenvalue weighted by atomic mass is 10.0. The Kier molecular flexibility index (Phi) is 12.9. The summed E-state index contributed by atoms with van der Waals surface area (Å²) in [5.74, 6) is 0.923. The first kappa shape index (κ1) is 19.8. The van der Waals surface area contributed by atoms with Crippen molar-refractivity contribution in [2.75, 3.05) is 0 Å². The molecule has 130 valence electrons. The fourth-order valence-corrected chi connectivity index (χ4v) is 3.42. The number of hydrogen-bond donors (Lipinski definition) is 0. The fraction of sp³-hybridized carbons (Fsp3) is 0.909. The van der Waals surface area contributed by atoms with Crippen LogP contribution in [-0.2, 0) is 0 Å². The van der Waals surface area contributed by atoms with Gasteiger partial charge in [-0.2, -0.15) is 0 Å². The van der Waals surface area contributed by atoms with Crippen LogP contribution < -0.4 is 0 Å². The summed E-state index contributed by atoms with van der Waals surface area (Å²) in [6, 6.07) is 0. The number of hydrogen-bond acceptors (Lipinski definition) is 0. The zero-order valence-corrected chi connectivity index (χ0v) is 15.5. The zero-order chi connectivity index (χ0) is 15.9. The van der Waals surface area contributed by atoms with E-state index in [0.29, 0.717) is 0 Å². The highest BCUT2D eigenvalue weighted by molar-refractivity contribution is 5.06. The van der Waals surface area contributed by atoms with Crippen LogP contribution in [0.4, 0.5) is 0 Å². The normalized spacial score (nSPS) is 14.4. The van der Waals surface area contributed by atoms with Crippen molar-refractivity contribution >= 4 is 0 Å². The second-order valence-electron chi connectivity index (χ2n) is 7.63. The first-order chi connectivity index (χ1) is 10.8. The molecule has 0 saturated heterocycles. The molecule has 0 aliphatic heterocycles. The quantitative estimate of drug-likeness (QED) is 0.187. The molecular formula is C22H42. The molecule has 0 radical (unpaired) electrons. The van der Waals surface area contributed by atoms with Gasteiger partial charge in [0.05, 0.1) is 0 Å². The number of allylic oxidation sites excluding steroid dienone is 1. The summed E-state index contributed by atoms with van der Waals surface area (Å²) in [4.78, 5) is 0. The second-order valence-corrected chi connectivity index (χ2v) is 7.63. The minimum absolute atomic E-state index is 0.923. The minimum atomic E-state index is 0.923. The third kappa shape index (κ3) is 12.3. The molecule has 0 aromatic rings. The maximum Gasteiger partial charge on any atom is -0.0205 e. The van der Waals surface area contributed by atoms with Gasteiger partial charge in [0.2, 0.25) is 0 Å². The Morgan fingerprint density at radius 3 is 1.36 bits per heavy atom. The van der Waals surface area contributed by atoms with Crippen LogP contribution in [0.1, 0.15) is 122 Å². The standard InChI is InChI=1S/C22H42/c1-3-4-5-6-7-8-9-10-11-12-13-14-15-16-17-18-21(2)22-19-20-22/h22H,2-20H2,1H3. The Morgan fingerprint density at radius 2 is 1.00 bits per heavy atom. The molecule has 0 amide bonds. The molecule has 1 aliphatic rings. The van der Waals surface area contributed by atoms with Crippen molar-refractivity contribution in [2.45, 2.75) is 122 Å². The second kappa shape index (κ2) is 14.3. The van der Waals surface area contributed by atoms with E-state index in [-0.39, 0.29) is 0 Å². The van der Waals surface area contributed by atoms with E-state index in [9.17, 15) is 0 Å². The summed E-state index contributed by atoms with van der Waals surface area (Å²) in [5.41, 5.74) is 1.55. The summed E-state index contributed by atoms with van der Waals surface area (Å²) in [6.07, 6.45) is 26.0. The molecule has 0 aromatic carbocycles. The maximum absolute atomic E-state index is 4.22. The van der Waals surface area contributed by atoms with Gasteiger partial charge in [-0.15, -0.1) is 0 Å². The maximum atomic E-state index is 4.22. The van der Waals surface area contributed by atoms with Gasteiger partial charge in [-0.25, -0.2) is 0 Å². The molecule has 0 aromatic heterocycles. The molecular weight excluding hydrogens is 264 g/mol. The van der Waals surface area contributed by atoms with E-state index in [1.54, 1.807) is 5.57 Å².